The second kappa shape index (κ2) is 9.44. The monoisotopic (exact) mass is 425 g/mol. The van der Waals surface area contributed by atoms with Crippen LogP contribution in [-0.4, -0.2) is 49.6 Å². The largest absolute Gasteiger partial charge is 0.381 e. The van der Waals surface area contributed by atoms with Gasteiger partial charge in [-0.3, -0.25) is 9.67 Å². The summed E-state index contributed by atoms with van der Waals surface area (Å²) in [5.74, 6) is 1.28. The van der Waals surface area contributed by atoms with Crippen molar-refractivity contribution in [3.8, 4) is 11.3 Å². The van der Waals surface area contributed by atoms with E-state index in [-0.39, 0.29) is 0 Å². The normalized spacial score (nSPS) is 19.0. The van der Waals surface area contributed by atoms with Gasteiger partial charge in [-0.2, -0.15) is 5.10 Å². The molecule has 30 heavy (non-hydrogen) atoms. The summed E-state index contributed by atoms with van der Waals surface area (Å²) >= 11 is 5.23. The van der Waals surface area contributed by atoms with Crippen molar-refractivity contribution in [1.29, 1.82) is 0 Å². The molecule has 158 valence electrons. The molecule has 0 spiro atoms. The van der Waals surface area contributed by atoms with E-state index in [0.29, 0.717) is 28.6 Å². The zero-order valence-corrected chi connectivity index (χ0v) is 18.2. The van der Waals surface area contributed by atoms with Gasteiger partial charge in [0, 0.05) is 32.0 Å². The van der Waals surface area contributed by atoms with Crippen molar-refractivity contribution in [3.05, 3.63) is 30.7 Å². The summed E-state index contributed by atoms with van der Waals surface area (Å²) in [7, 11) is 1.81. The molecule has 0 atom stereocenters. The third kappa shape index (κ3) is 4.91. The number of pyridine rings is 1. The minimum atomic E-state index is 0.418. The lowest BCUT2D eigenvalue weighted by Gasteiger charge is -2.27. The smallest absolute Gasteiger partial charge is 0.180 e. The van der Waals surface area contributed by atoms with Gasteiger partial charge in [0.2, 0.25) is 0 Å². The highest BCUT2D eigenvalue weighted by molar-refractivity contribution is 7.80. The molecule has 9 heteroatoms. The summed E-state index contributed by atoms with van der Waals surface area (Å²) in [6, 6.07) is 3.73. The number of nitrogens with one attached hydrogen (secondary N) is 2. The Balaban J connectivity index is 1.47. The van der Waals surface area contributed by atoms with Crippen LogP contribution in [0.2, 0.25) is 0 Å². The van der Waals surface area contributed by atoms with E-state index in [9.17, 15) is 0 Å². The van der Waals surface area contributed by atoms with Crippen LogP contribution >= 0.6 is 12.2 Å². The van der Waals surface area contributed by atoms with Gasteiger partial charge >= 0.3 is 0 Å². The van der Waals surface area contributed by atoms with E-state index in [1.165, 1.54) is 12.8 Å². The SMILES string of the molecule is CCNC(=S)Nc1ccc2ncc(-c3cnn(CC4CCC(OC)CC4)c3)nc2n1. The van der Waals surface area contributed by atoms with Crippen molar-refractivity contribution in [1.82, 2.24) is 30.0 Å². The maximum Gasteiger partial charge on any atom is 0.180 e. The number of nitrogens with zero attached hydrogens (tertiary/aromatic N) is 5. The molecule has 1 aliphatic carbocycles. The first kappa shape index (κ1) is 20.6. The Morgan fingerprint density at radius 1 is 1.20 bits per heavy atom. The van der Waals surface area contributed by atoms with Crippen LogP contribution in [0, 0.1) is 5.92 Å². The third-order valence-electron chi connectivity index (χ3n) is 5.49. The van der Waals surface area contributed by atoms with E-state index < -0.39 is 0 Å². The van der Waals surface area contributed by atoms with Crippen molar-refractivity contribution in [2.24, 2.45) is 5.92 Å². The number of anilines is 1. The average Bonchev–Trinajstić information content (AvgIpc) is 3.22. The van der Waals surface area contributed by atoms with E-state index in [0.717, 1.165) is 42.7 Å². The summed E-state index contributed by atoms with van der Waals surface area (Å²) < 4.78 is 7.48. The first-order valence-corrected chi connectivity index (χ1v) is 10.8. The quantitative estimate of drug-likeness (QED) is 0.581. The molecule has 1 saturated carbocycles. The van der Waals surface area contributed by atoms with Crippen molar-refractivity contribution < 1.29 is 4.74 Å². The van der Waals surface area contributed by atoms with Gasteiger partial charge in [-0.05, 0) is 62.9 Å². The average molecular weight is 426 g/mol. The van der Waals surface area contributed by atoms with Gasteiger partial charge in [0.1, 0.15) is 11.3 Å². The fourth-order valence-electron chi connectivity index (χ4n) is 3.84. The molecular weight excluding hydrogens is 398 g/mol. The molecule has 0 aromatic carbocycles. The molecular formula is C21H27N7OS. The topological polar surface area (TPSA) is 89.8 Å². The Hall–Kier alpha value is -2.65. The molecule has 0 aliphatic heterocycles. The highest BCUT2D eigenvalue weighted by atomic mass is 32.1. The number of rotatable bonds is 6. The number of methoxy groups -OCH3 is 1. The van der Waals surface area contributed by atoms with Crippen LogP contribution < -0.4 is 10.6 Å². The zero-order chi connectivity index (χ0) is 20.9. The van der Waals surface area contributed by atoms with Gasteiger partial charge in [-0.25, -0.2) is 9.97 Å². The van der Waals surface area contributed by atoms with Crippen LogP contribution in [0.5, 0.6) is 0 Å². The maximum atomic E-state index is 5.47. The predicted molar refractivity (Wildman–Crippen MR) is 121 cm³/mol. The Kier molecular flexibility index (Phi) is 6.49. The number of hydrogen-bond acceptors (Lipinski definition) is 6. The molecule has 0 amide bonds. The van der Waals surface area contributed by atoms with Crippen LogP contribution in [0.25, 0.3) is 22.4 Å². The molecule has 3 aromatic heterocycles. The fourth-order valence-corrected chi connectivity index (χ4v) is 4.09. The lowest BCUT2D eigenvalue weighted by molar-refractivity contribution is 0.0536. The standard InChI is InChI=1S/C21H27N7OS/c1-3-22-21(30)27-19-9-8-17-20(26-19)25-18(11-23-17)15-10-24-28(13-15)12-14-4-6-16(29-2)7-5-14/h8-11,13-14,16H,3-7,12H2,1-2H3,(H2,22,25,26,27,30). The Morgan fingerprint density at radius 3 is 2.80 bits per heavy atom. The number of aromatic nitrogens is 5. The number of thiocarbonyl (C=S) groups is 1. The lowest BCUT2D eigenvalue weighted by atomic mass is 9.87. The summed E-state index contributed by atoms with van der Waals surface area (Å²) in [6.07, 6.45) is 10.7. The molecule has 0 unspecified atom stereocenters. The number of ether oxygens (including phenoxy) is 1. The Bertz CT molecular complexity index is 1010. The van der Waals surface area contributed by atoms with E-state index in [4.69, 9.17) is 21.9 Å². The second-order valence-electron chi connectivity index (χ2n) is 7.61. The van der Waals surface area contributed by atoms with Crippen LogP contribution in [-0.2, 0) is 11.3 Å². The first-order valence-electron chi connectivity index (χ1n) is 10.4. The van der Waals surface area contributed by atoms with Crippen molar-refractivity contribution in [2.75, 3.05) is 19.0 Å². The Labute approximate surface area is 181 Å². The molecule has 1 fully saturated rings. The molecule has 0 radical (unpaired) electrons. The molecule has 3 heterocycles. The fraction of sp³-hybridized carbons (Fsp3) is 0.476. The molecule has 2 N–H and O–H groups in total. The molecule has 0 bridgehead atoms. The zero-order valence-electron chi connectivity index (χ0n) is 17.3. The van der Waals surface area contributed by atoms with Gasteiger partial charge in [0.05, 0.1) is 24.2 Å². The van der Waals surface area contributed by atoms with Crippen molar-refractivity contribution >= 4 is 34.3 Å². The molecule has 3 aromatic rings. The second-order valence-corrected chi connectivity index (χ2v) is 8.02. The third-order valence-corrected chi connectivity index (χ3v) is 5.73. The maximum absolute atomic E-state index is 5.47. The van der Waals surface area contributed by atoms with Crippen LogP contribution in [0.3, 0.4) is 0 Å². The predicted octanol–water partition coefficient (Wildman–Crippen LogP) is 3.40. The van der Waals surface area contributed by atoms with Gasteiger partial charge in [-0.15, -0.1) is 0 Å². The highest BCUT2D eigenvalue weighted by Crippen LogP contribution is 2.27. The molecule has 0 saturated heterocycles. The Morgan fingerprint density at radius 2 is 2.03 bits per heavy atom. The van der Waals surface area contributed by atoms with Crippen molar-refractivity contribution in [3.63, 3.8) is 0 Å². The van der Waals surface area contributed by atoms with Crippen LogP contribution in [0.15, 0.2) is 30.7 Å². The summed E-state index contributed by atoms with van der Waals surface area (Å²) in [5, 5.41) is 11.2. The van der Waals surface area contributed by atoms with Crippen LogP contribution in [0.4, 0.5) is 5.82 Å². The number of fused-ring (bicyclic) bond motifs is 1. The van der Waals surface area contributed by atoms with E-state index in [1.54, 1.807) is 13.3 Å². The summed E-state index contributed by atoms with van der Waals surface area (Å²) in [4.78, 5) is 13.7. The van der Waals surface area contributed by atoms with Gasteiger partial charge in [0.25, 0.3) is 0 Å². The molecule has 8 nitrogen and oxygen atoms in total. The molecule has 1 aliphatic rings. The van der Waals surface area contributed by atoms with Gasteiger partial charge in [0.15, 0.2) is 10.8 Å². The van der Waals surface area contributed by atoms with Crippen LogP contribution in [0.1, 0.15) is 32.6 Å². The molecule has 4 rings (SSSR count). The van der Waals surface area contributed by atoms with Gasteiger partial charge < -0.3 is 15.4 Å². The van der Waals surface area contributed by atoms with E-state index >= 15 is 0 Å². The number of hydrogen-bond donors (Lipinski definition) is 2. The highest BCUT2D eigenvalue weighted by Gasteiger charge is 2.21. The lowest BCUT2D eigenvalue weighted by Crippen LogP contribution is -2.28. The minimum absolute atomic E-state index is 0.418. The van der Waals surface area contributed by atoms with E-state index in [1.807, 2.05) is 36.1 Å². The van der Waals surface area contributed by atoms with Gasteiger partial charge in [-0.1, -0.05) is 0 Å². The summed E-state index contributed by atoms with van der Waals surface area (Å²) in [5.41, 5.74) is 3.01. The van der Waals surface area contributed by atoms with E-state index in [2.05, 4.69) is 25.7 Å². The first-order chi connectivity index (χ1) is 14.6. The summed E-state index contributed by atoms with van der Waals surface area (Å²) in [6.45, 7) is 3.66. The minimum Gasteiger partial charge on any atom is -0.381 e. The van der Waals surface area contributed by atoms with Crippen molar-refractivity contribution in [2.45, 2.75) is 45.3 Å².